The molecule has 0 aliphatic heterocycles. The molecule has 16 heavy (non-hydrogen) atoms. The number of aliphatic hydroxyl groups is 1. The average Bonchev–Trinajstić information content (AvgIpc) is 2.59. The molecular formula is C13H16N2O. The maximum atomic E-state index is 9.14. The molecule has 1 aromatic carbocycles. The molecular weight excluding hydrogens is 200 g/mol. The van der Waals surface area contributed by atoms with Gasteiger partial charge in [-0.15, -0.1) is 0 Å². The largest absolute Gasteiger partial charge is 0.392 e. The summed E-state index contributed by atoms with van der Waals surface area (Å²) in [4.78, 5) is 0. The summed E-state index contributed by atoms with van der Waals surface area (Å²) in [5.74, 6) is 0. The second-order valence-corrected chi connectivity index (χ2v) is 4.13. The van der Waals surface area contributed by atoms with Crippen molar-refractivity contribution >= 4 is 0 Å². The van der Waals surface area contributed by atoms with E-state index >= 15 is 0 Å². The van der Waals surface area contributed by atoms with Crippen LogP contribution in [0.15, 0.2) is 24.4 Å². The number of hydrogen-bond acceptors (Lipinski definition) is 2. The van der Waals surface area contributed by atoms with Crippen LogP contribution in [0.3, 0.4) is 0 Å². The lowest BCUT2D eigenvalue weighted by Gasteiger charge is -2.06. The molecule has 0 saturated carbocycles. The first-order chi connectivity index (χ1) is 7.61. The van der Waals surface area contributed by atoms with Gasteiger partial charge in [-0.3, -0.25) is 0 Å². The van der Waals surface area contributed by atoms with Crippen molar-refractivity contribution in [3.63, 3.8) is 0 Å². The fourth-order valence-electron chi connectivity index (χ4n) is 1.84. The molecule has 0 amide bonds. The van der Waals surface area contributed by atoms with Crippen molar-refractivity contribution in [2.45, 2.75) is 27.4 Å². The SMILES string of the molecule is Cc1ccc(-n2cc(CO)c(C)n2)c(C)c1. The van der Waals surface area contributed by atoms with E-state index in [9.17, 15) is 0 Å². The van der Waals surface area contributed by atoms with Crippen molar-refractivity contribution in [1.82, 2.24) is 9.78 Å². The second-order valence-electron chi connectivity index (χ2n) is 4.13. The summed E-state index contributed by atoms with van der Waals surface area (Å²) < 4.78 is 1.83. The Kier molecular flexibility index (Phi) is 2.79. The zero-order valence-corrected chi connectivity index (χ0v) is 9.86. The van der Waals surface area contributed by atoms with Gasteiger partial charge >= 0.3 is 0 Å². The Morgan fingerprint density at radius 1 is 1.25 bits per heavy atom. The highest BCUT2D eigenvalue weighted by molar-refractivity contribution is 5.42. The molecule has 0 atom stereocenters. The highest BCUT2D eigenvalue weighted by atomic mass is 16.3. The topological polar surface area (TPSA) is 38.0 Å². The van der Waals surface area contributed by atoms with Gasteiger partial charge in [-0.1, -0.05) is 17.7 Å². The third kappa shape index (κ3) is 1.86. The highest BCUT2D eigenvalue weighted by Gasteiger charge is 2.07. The Morgan fingerprint density at radius 2 is 2.00 bits per heavy atom. The van der Waals surface area contributed by atoms with Crippen LogP contribution in [0.4, 0.5) is 0 Å². The van der Waals surface area contributed by atoms with Crippen LogP contribution < -0.4 is 0 Å². The predicted octanol–water partition coefficient (Wildman–Crippen LogP) is 2.29. The molecule has 0 radical (unpaired) electrons. The first-order valence-corrected chi connectivity index (χ1v) is 5.35. The Hall–Kier alpha value is -1.61. The molecule has 1 aromatic heterocycles. The molecule has 1 N–H and O–H groups in total. The standard InChI is InChI=1S/C13H16N2O/c1-9-4-5-13(10(2)6-9)15-7-12(8-16)11(3)14-15/h4-7,16H,8H2,1-3H3. The maximum Gasteiger partial charge on any atom is 0.0715 e. The Labute approximate surface area is 95.3 Å². The maximum absolute atomic E-state index is 9.14. The van der Waals surface area contributed by atoms with Crippen molar-refractivity contribution in [1.29, 1.82) is 0 Å². The lowest BCUT2D eigenvalue weighted by molar-refractivity contribution is 0.281. The van der Waals surface area contributed by atoms with Gasteiger partial charge in [0.2, 0.25) is 0 Å². The molecule has 0 spiro atoms. The zero-order valence-electron chi connectivity index (χ0n) is 9.86. The van der Waals surface area contributed by atoms with E-state index in [1.807, 2.05) is 17.8 Å². The summed E-state index contributed by atoms with van der Waals surface area (Å²) >= 11 is 0. The Bertz CT molecular complexity index is 515. The number of rotatable bonds is 2. The molecule has 0 aliphatic rings. The van der Waals surface area contributed by atoms with Crippen LogP contribution in [0, 0.1) is 20.8 Å². The average molecular weight is 216 g/mol. The monoisotopic (exact) mass is 216 g/mol. The molecule has 3 nitrogen and oxygen atoms in total. The molecule has 0 saturated heterocycles. The molecule has 0 bridgehead atoms. The first-order valence-electron chi connectivity index (χ1n) is 5.35. The smallest absolute Gasteiger partial charge is 0.0715 e. The number of aromatic nitrogens is 2. The molecule has 3 heteroatoms. The fourth-order valence-corrected chi connectivity index (χ4v) is 1.84. The van der Waals surface area contributed by atoms with E-state index in [2.05, 4.69) is 37.1 Å². The molecule has 2 rings (SSSR count). The van der Waals surface area contributed by atoms with Gasteiger partial charge in [-0.25, -0.2) is 4.68 Å². The predicted molar refractivity (Wildman–Crippen MR) is 63.7 cm³/mol. The summed E-state index contributed by atoms with van der Waals surface area (Å²) in [5.41, 5.74) is 5.25. The van der Waals surface area contributed by atoms with Crippen LogP contribution in [0.2, 0.25) is 0 Å². The normalized spacial score (nSPS) is 10.8. The van der Waals surface area contributed by atoms with Gasteiger partial charge in [0, 0.05) is 11.8 Å². The number of aryl methyl sites for hydroxylation is 3. The minimum atomic E-state index is 0.0384. The van der Waals surface area contributed by atoms with Gasteiger partial charge in [0.15, 0.2) is 0 Å². The number of benzene rings is 1. The lowest BCUT2D eigenvalue weighted by Crippen LogP contribution is -1.98. The van der Waals surface area contributed by atoms with Gasteiger partial charge in [0.25, 0.3) is 0 Å². The summed E-state index contributed by atoms with van der Waals surface area (Å²) in [6, 6.07) is 6.25. The van der Waals surface area contributed by atoms with E-state index in [1.165, 1.54) is 11.1 Å². The van der Waals surface area contributed by atoms with Gasteiger partial charge in [-0.05, 0) is 32.4 Å². The van der Waals surface area contributed by atoms with Crippen molar-refractivity contribution in [2.75, 3.05) is 0 Å². The molecule has 84 valence electrons. The van der Waals surface area contributed by atoms with E-state index in [-0.39, 0.29) is 6.61 Å². The molecule has 0 unspecified atom stereocenters. The number of aliphatic hydroxyl groups excluding tert-OH is 1. The van der Waals surface area contributed by atoms with Gasteiger partial charge in [-0.2, -0.15) is 5.10 Å². The zero-order chi connectivity index (χ0) is 11.7. The molecule has 0 aliphatic carbocycles. The minimum absolute atomic E-state index is 0.0384. The quantitative estimate of drug-likeness (QED) is 0.836. The minimum Gasteiger partial charge on any atom is -0.392 e. The third-order valence-electron chi connectivity index (χ3n) is 2.77. The summed E-state index contributed by atoms with van der Waals surface area (Å²) in [5, 5.41) is 13.5. The van der Waals surface area contributed by atoms with E-state index in [4.69, 9.17) is 5.11 Å². The summed E-state index contributed by atoms with van der Waals surface area (Å²) in [7, 11) is 0. The molecule has 0 fully saturated rings. The number of nitrogens with zero attached hydrogens (tertiary/aromatic N) is 2. The van der Waals surface area contributed by atoms with Crippen molar-refractivity contribution in [3.05, 3.63) is 46.8 Å². The van der Waals surface area contributed by atoms with Crippen LogP contribution in [0.5, 0.6) is 0 Å². The van der Waals surface area contributed by atoms with E-state index < -0.39 is 0 Å². The van der Waals surface area contributed by atoms with E-state index in [0.29, 0.717) is 0 Å². The molecule has 1 heterocycles. The Balaban J connectivity index is 2.50. The summed E-state index contributed by atoms with van der Waals surface area (Å²) in [6.45, 7) is 6.09. The first kappa shape index (κ1) is 10.9. The molecule has 2 aromatic rings. The van der Waals surface area contributed by atoms with Crippen LogP contribution >= 0.6 is 0 Å². The van der Waals surface area contributed by atoms with Crippen molar-refractivity contribution in [2.24, 2.45) is 0 Å². The van der Waals surface area contributed by atoms with Crippen LogP contribution in [-0.4, -0.2) is 14.9 Å². The van der Waals surface area contributed by atoms with Gasteiger partial charge in [0.1, 0.15) is 0 Å². The number of hydrogen-bond donors (Lipinski definition) is 1. The van der Waals surface area contributed by atoms with E-state index in [1.54, 1.807) is 0 Å². The van der Waals surface area contributed by atoms with Crippen LogP contribution in [-0.2, 0) is 6.61 Å². The van der Waals surface area contributed by atoms with Gasteiger partial charge < -0.3 is 5.11 Å². The van der Waals surface area contributed by atoms with Crippen LogP contribution in [0.1, 0.15) is 22.4 Å². The van der Waals surface area contributed by atoms with Crippen molar-refractivity contribution in [3.8, 4) is 5.69 Å². The lowest BCUT2D eigenvalue weighted by atomic mass is 10.1. The summed E-state index contributed by atoms with van der Waals surface area (Å²) in [6.07, 6.45) is 1.88. The van der Waals surface area contributed by atoms with E-state index in [0.717, 1.165) is 16.9 Å². The highest BCUT2D eigenvalue weighted by Crippen LogP contribution is 2.17. The fraction of sp³-hybridized carbons (Fsp3) is 0.308. The second kappa shape index (κ2) is 4.10. The van der Waals surface area contributed by atoms with Crippen molar-refractivity contribution < 1.29 is 5.11 Å². The Morgan fingerprint density at radius 3 is 2.56 bits per heavy atom. The van der Waals surface area contributed by atoms with Crippen LogP contribution in [0.25, 0.3) is 5.69 Å². The third-order valence-corrected chi connectivity index (χ3v) is 2.77. The van der Waals surface area contributed by atoms with Gasteiger partial charge in [0.05, 0.1) is 18.0 Å².